The number of esters is 1. The van der Waals surface area contributed by atoms with Crippen LogP contribution in [0.3, 0.4) is 0 Å². The number of likely N-dealkylation sites (tertiary alicyclic amines) is 1. The van der Waals surface area contributed by atoms with E-state index in [2.05, 4.69) is 15.4 Å². The van der Waals surface area contributed by atoms with Gasteiger partial charge in [0.25, 0.3) is 5.69 Å². The number of carbonyl (C=O) groups excluding carboxylic acids is 8. The van der Waals surface area contributed by atoms with Crippen molar-refractivity contribution in [1.82, 2.24) is 15.5 Å². The summed E-state index contributed by atoms with van der Waals surface area (Å²) < 4.78 is 4.61. The number of nitro groups is 1. The number of carbonyl (C=O) groups is 9. The maximum atomic E-state index is 14.6. The number of nitro benzene ring substituents is 1. The van der Waals surface area contributed by atoms with Crippen LogP contribution in [0.15, 0.2) is 30.4 Å². The Morgan fingerprint density at radius 3 is 2.11 bits per heavy atom. The van der Waals surface area contributed by atoms with Gasteiger partial charge in [-0.05, 0) is 61.8 Å². The molecule has 2 saturated carbocycles. The zero-order valence-electron chi connectivity index (χ0n) is 36.6. The molecule has 0 spiro atoms. The zero-order chi connectivity index (χ0) is 46.6. The Bertz CT molecular complexity index is 1960. The van der Waals surface area contributed by atoms with Gasteiger partial charge >= 0.3 is 11.9 Å². The minimum atomic E-state index is -1.61. The first-order valence-corrected chi connectivity index (χ1v) is 21.8. The van der Waals surface area contributed by atoms with E-state index in [0.29, 0.717) is 12.8 Å². The number of benzene rings is 1. The van der Waals surface area contributed by atoms with E-state index in [-0.39, 0.29) is 48.9 Å². The van der Waals surface area contributed by atoms with Crippen molar-refractivity contribution in [1.29, 1.82) is 0 Å². The number of nitrogens with two attached hydrogens (primary N) is 1. The van der Waals surface area contributed by atoms with Crippen LogP contribution in [-0.2, 0) is 38.3 Å². The van der Waals surface area contributed by atoms with E-state index in [4.69, 9.17) is 5.73 Å². The number of aromatic carboxylic acids is 1. The highest BCUT2D eigenvalue weighted by Gasteiger charge is 2.46. The molecule has 1 heterocycles. The average Bonchev–Trinajstić information content (AvgIpc) is 3.65. The number of carboxylic acid groups (broad SMARTS) is 1. The van der Waals surface area contributed by atoms with Crippen LogP contribution < -0.4 is 16.4 Å². The zero-order valence-corrected chi connectivity index (χ0v) is 36.6. The number of ether oxygens (including phenoxy) is 1. The molecular formula is C45H61N5O13. The van der Waals surface area contributed by atoms with Gasteiger partial charge in [0.1, 0.15) is 12.1 Å². The molecule has 4 amide bonds. The molecule has 1 saturated heterocycles. The van der Waals surface area contributed by atoms with Crippen molar-refractivity contribution in [3.05, 3.63) is 51.6 Å². The number of methoxy groups -OCH3 is 1. The number of allylic oxidation sites excluding steroid dienone is 1. The molecule has 5 atom stereocenters. The predicted octanol–water partition coefficient (Wildman–Crippen LogP) is 4.40. The van der Waals surface area contributed by atoms with Crippen molar-refractivity contribution in [2.24, 2.45) is 34.8 Å². The van der Waals surface area contributed by atoms with E-state index in [9.17, 15) is 58.4 Å². The third kappa shape index (κ3) is 13.6. The van der Waals surface area contributed by atoms with Crippen molar-refractivity contribution >= 4 is 58.6 Å². The number of hydrogen-bond donors (Lipinski definition) is 4. The minimum absolute atomic E-state index is 0.0356. The summed E-state index contributed by atoms with van der Waals surface area (Å²) in [6.07, 6.45) is 9.89. The van der Waals surface area contributed by atoms with Gasteiger partial charge in [-0.15, -0.1) is 0 Å². The van der Waals surface area contributed by atoms with Gasteiger partial charge in [-0.25, -0.2) is 9.59 Å². The number of non-ortho nitro benzene ring substituents is 1. The maximum absolute atomic E-state index is 14.6. The smallest absolute Gasteiger partial charge is 0.336 e. The van der Waals surface area contributed by atoms with Gasteiger partial charge in [0.2, 0.25) is 23.6 Å². The highest BCUT2D eigenvalue weighted by Crippen LogP contribution is 2.35. The monoisotopic (exact) mass is 879 g/mol. The molecule has 18 nitrogen and oxygen atoms in total. The molecule has 2 aliphatic carbocycles. The second-order valence-electron chi connectivity index (χ2n) is 18.1. The topological polar surface area (TPSA) is 280 Å². The number of nitrogens with one attached hydrogen (secondary N) is 2. The molecule has 18 heteroatoms. The number of rotatable bonds is 20. The number of ketones is 3. The predicted molar refractivity (Wildman–Crippen MR) is 227 cm³/mol. The molecule has 0 bridgehead atoms. The molecule has 0 aromatic heterocycles. The molecule has 0 radical (unpaired) electrons. The molecular weight excluding hydrogens is 819 g/mol. The van der Waals surface area contributed by atoms with Gasteiger partial charge in [-0.3, -0.25) is 43.7 Å². The Balaban J connectivity index is 1.59. The Morgan fingerprint density at radius 2 is 1.56 bits per heavy atom. The normalized spacial score (nSPS) is 19.4. The number of hydrogen-bond acceptors (Lipinski definition) is 12. The molecule has 1 aromatic rings. The Hall–Kier alpha value is -5.81. The lowest BCUT2D eigenvalue weighted by atomic mass is 9.75. The molecule has 3 fully saturated rings. The summed E-state index contributed by atoms with van der Waals surface area (Å²) >= 11 is 0. The van der Waals surface area contributed by atoms with E-state index in [1.54, 1.807) is 20.8 Å². The largest absolute Gasteiger partial charge is 0.478 e. The van der Waals surface area contributed by atoms with Crippen LogP contribution in [0.25, 0.3) is 0 Å². The second-order valence-corrected chi connectivity index (χ2v) is 18.1. The van der Waals surface area contributed by atoms with Crippen molar-refractivity contribution < 1.29 is 57.9 Å². The van der Waals surface area contributed by atoms with Crippen molar-refractivity contribution in [3.63, 3.8) is 0 Å². The summed E-state index contributed by atoms with van der Waals surface area (Å²) in [5.41, 5.74) is 3.20. The van der Waals surface area contributed by atoms with Crippen molar-refractivity contribution in [2.45, 2.75) is 135 Å². The maximum Gasteiger partial charge on any atom is 0.336 e. The van der Waals surface area contributed by atoms with Crippen LogP contribution in [0, 0.1) is 39.2 Å². The third-order valence-electron chi connectivity index (χ3n) is 12.6. The molecule has 344 valence electrons. The lowest BCUT2D eigenvalue weighted by molar-refractivity contribution is -0.384. The summed E-state index contributed by atoms with van der Waals surface area (Å²) in [5, 5.41) is 26.7. The minimum Gasteiger partial charge on any atom is -0.478 e. The first kappa shape index (κ1) is 49.8. The lowest BCUT2D eigenvalue weighted by Crippen LogP contribution is -2.59. The van der Waals surface area contributed by atoms with E-state index in [1.807, 2.05) is 0 Å². The van der Waals surface area contributed by atoms with Crippen LogP contribution in [0.2, 0.25) is 0 Å². The van der Waals surface area contributed by atoms with E-state index in [1.165, 1.54) is 13.2 Å². The van der Waals surface area contributed by atoms with E-state index >= 15 is 0 Å². The Kier molecular flexibility index (Phi) is 17.8. The Morgan fingerprint density at radius 1 is 0.937 bits per heavy atom. The first-order valence-electron chi connectivity index (χ1n) is 21.8. The summed E-state index contributed by atoms with van der Waals surface area (Å²) in [6, 6.07) is -0.969. The van der Waals surface area contributed by atoms with Crippen LogP contribution in [0.1, 0.15) is 138 Å². The van der Waals surface area contributed by atoms with Gasteiger partial charge in [-0.1, -0.05) is 65.4 Å². The molecule has 1 aromatic carbocycles. The van der Waals surface area contributed by atoms with E-state index < -0.39 is 112 Å². The van der Waals surface area contributed by atoms with Gasteiger partial charge in [0.15, 0.2) is 17.3 Å². The van der Waals surface area contributed by atoms with Crippen LogP contribution in [-0.4, -0.2) is 99.6 Å². The van der Waals surface area contributed by atoms with Gasteiger partial charge < -0.3 is 31.1 Å². The molecule has 1 aliphatic heterocycles. The summed E-state index contributed by atoms with van der Waals surface area (Å²) in [6.45, 7) is 4.50. The van der Waals surface area contributed by atoms with Gasteiger partial charge in [0.05, 0.1) is 30.2 Å². The summed E-state index contributed by atoms with van der Waals surface area (Å²) in [5.74, 6) is -8.88. The SMILES string of the molecule is COC(=O)/C=C/CC[C@H](CC(=O)c1ccc([N+](=O)[O-])cc1C(=O)O)C(=O)N[C@H](C(=O)N1CC(=O)C[C@H]1C(=O)N[C@H](C(=O)C[C@H](C(N)=O)C1CCCCC1)C1CCCCC1)C(C)(C)C. The van der Waals surface area contributed by atoms with Gasteiger partial charge in [-0.2, -0.15) is 0 Å². The molecule has 3 aliphatic rings. The molecule has 0 unspecified atom stereocenters. The Labute approximate surface area is 366 Å². The third-order valence-corrected chi connectivity index (χ3v) is 12.6. The average molecular weight is 880 g/mol. The fourth-order valence-electron chi connectivity index (χ4n) is 9.06. The summed E-state index contributed by atoms with van der Waals surface area (Å²) in [7, 11) is 1.17. The number of carboxylic acids is 1. The summed E-state index contributed by atoms with van der Waals surface area (Å²) in [4.78, 5) is 132. The van der Waals surface area contributed by atoms with Crippen LogP contribution in [0.4, 0.5) is 5.69 Å². The lowest BCUT2D eigenvalue weighted by Gasteiger charge is -2.37. The number of nitrogens with zero attached hydrogens (tertiary/aromatic N) is 2. The van der Waals surface area contributed by atoms with Crippen molar-refractivity contribution in [2.75, 3.05) is 13.7 Å². The molecule has 5 N–H and O–H groups in total. The highest BCUT2D eigenvalue weighted by atomic mass is 16.6. The number of amides is 4. The first-order chi connectivity index (χ1) is 29.7. The fourth-order valence-corrected chi connectivity index (χ4v) is 9.06. The number of primary amides is 1. The fraction of sp³-hybridized carbons (Fsp3) is 0.622. The van der Waals surface area contributed by atoms with Crippen LogP contribution in [0.5, 0.6) is 0 Å². The molecule has 63 heavy (non-hydrogen) atoms. The van der Waals surface area contributed by atoms with Gasteiger partial charge in [0, 0.05) is 54.9 Å². The van der Waals surface area contributed by atoms with Crippen molar-refractivity contribution in [3.8, 4) is 0 Å². The number of Topliss-reactive ketones (excluding diaryl/α,β-unsaturated/α-hetero) is 3. The standard InChI is InChI=1S/C45H61N5O13/c1-45(2,3)39(48-41(56)28(17-11-12-18-37(54)63-4)21-35(52)31-20-19-29(50(61)62)22-33(31)44(59)60)43(58)49-25-30(51)23-34(49)42(57)47-38(27-15-9-6-10-16-27)36(53)24-32(40(46)55)26-13-7-5-8-14-26/h12,18-20,22,26-28,32,34,38-39H,5-11,13-17,21,23-25H2,1-4H3,(H2,46,55)(H,47,57)(H,48,56)(H,59,60)/b18-12+/t28-,32+,34+,38+,39-/m1/s1. The highest BCUT2D eigenvalue weighted by molar-refractivity contribution is 6.08. The quantitative estimate of drug-likeness (QED) is 0.0465. The van der Waals surface area contributed by atoms with E-state index in [0.717, 1.165) is 80.5 Å². The second kappa shape index (κ2) is 22.5. The van der Waals surface area contributed by atoms with Crippen LogP contribution >= 0.6 is 0 Å². The molecule has 4 rings (SSSR count).